The highest BCUT2D eigenvalue weighted by Crippen LogP contribution is 2.27. The van der Waals surface area contributed by atoms with Crippen molar-refractivity contribution in [1.29, 1.82) is 0 Å². The highest BCUT2D eigenvalue weighted by Gasteiger charge is 2.16. The number of rotatable bonds is 5. The van der Waals surface area contributed by atoms with Crippen molar-refractivity contribution in [1.82, 2.24) is 4.98 Å². The zero-order chi connectivity index (χ0) is 19.6. The predicted molar refractivity (Wildman–Crippen MR) is 99.5 cm³/mol. The summed E-state index contributed by atoms with van der Waals surface area (Å²) in [7, 11) is 0. The maximum atomic E-state index is 13.8. The minimum Gasteiger partial charge on any atom is -0.441 e. The molecule has 1 heterocycles. The van der Waals surface area contributed by atoms with Crippen LogP contribution in [0.5, 0.6) is 0 Å². The number of nitrogens with one attached hydrogen (secondary N) is 1. The third-order valence-electron chi connectivity index (χ3n) is 4.27. The van der Waals surface area contributed by atoms with Crippen LogP contribution in [0, 0.1) is 32.4 Å². The van der Waals surface area contributed by atoms with Crippen molar-refractivity contribution in [3.8, 4) is 11.3 Å². The van der Waals surface area contributed by atoms with Gasteiger partial charge in [-0.3, -0.25) is 4.79 Å². The molecule has 3 aromatic rings. The zero-order valence-electron chi connectivity index (χ0n) is 15.4. The second-order valence-electron chi connectivity index (χ2n) is 6.54. The lowest BCUT2D eigenvalue weighted by Crippen LogP contribution is -2.14. The van der Waals surface area contributed by atoms with Gasteiger partial charge in [0.25, 0.3) is 0 Å². The number of carbonyl (C=O) groups is 1. The van der Waals surface area contributed by atoms with Gasteiger partial charge in [0.2, 0.25) is 5.91 Å². The standard InChI is InChI=1S/C21H20F2N2O2/c1-12-9-13(2)21(14(3)10-12)25-18(26)7-8-19-24-11-17(27-19)20-15(22)5-4-6-16(20)23/h4-6,9-11H,7-8H2,1-3H3,(H,25,26). The molecule has 2 aromatic carbocycles. The molecular formula is C21H20F2N2O2. The molecule has 0 bridgehead atoms. The Bertz CT molecular complexity index is 952. The molecule has 0 saturated carbocycles. The monoisotopic (exact) mass is 370 g/mol. The second-order valence-corrected chi connectivity index (χ2v) is 6.54. The normalized spacial score (nSPS) is 10.9. The molecule has 1 amide bonds. The Hall–Kier alpha value is -3.02. The summed E-state index contributed by atoms with van der Waals surface area (Å²) >= 11 is 0. The van der Waals surface area contributed by atoms with Crippen molar-refractivity contribution in [2.75, 3.05) is 5.32 Å². The fraction of sp³-hybridized carbons (Fsp3) is 0.238. The lowest BCUT2D eigenvalue weighted by atomic mass is 10.0. The average molecular weight is 370 g/mol. The number of benzene rings is 2. The molecule has 6 heteroatoms. The first-order chi connectivity index (χ1) is 12.8. The molecular weight excluding hydrogens is 350 g/mol. The molecule has 4 nitrogen and oxygen atoms in total. The summed E-state index contributed by atoms with van der Waals surface area (Å²) in [5.41, 5.74) is 3.66. The highest BCUT2D eigenvalue weighted by atomic mass is 19.1. The van der Waals surface area contributed by atoms with Gasteiger partial charge in [-0.05, 0) is 44.0 Å². The van der Waals surface area contributed by atoms with E-state index in [0.29, 0.717) is 0 Å². The zero-order valence-corrected chi connectivity index (χ0v) is 15.4. The molecule has 140 valence electrons. The van der Waals surface area contributed by atoms with Crippen LogP contribution in [0.25, 0.3) is 11.3 Å². The number of aromatic nitrogens is 1. The van der Waals surface area contributed by atoms with Gasteiger partial charge < -0.3 is 9.73 Å². The molecule has 0 fully saturated rings. The third-order valence-corrected chi connectivity index (χ3v) is 4.27. The van der Waals surface area contributed by atoms with E-state index in [1.807, 2.05) is 32.9 Å². The quantitative estimate of drug-likeness (QED) is 0.678. The average Bonchev–Trinajstić information content (AvgIpc) is 3.04. The van der Waals surface area contributed by atoms with Crippen LogP contribution in [-0.2, 0) is 11.2 Å². The Balaban J connectivity index is 1.66. The van der Waals surface area contributed by atoms with Gasteiger partial charge in [0.05, 0.1) is 11.8 Å². The summed E-state index contributed by atoms with van der Waals surface area (Å²) in [5, 5.41) is 2.90. The van der Waals surface area contributed by atoms with Gasteiger partial charge in [-0.1, -0.05) is 23.8 Å². The van der Waals surface area contributed by atoms with E-state index in [1.54, 1.807) is 0 Å². The number of hydrogen-bond acceptors (Lipinski definition) is 3. The molecule has 1 aromatic heterocycles. The van der Waals surface area contributed by atoms with Gasteiger partial charge in [0, 0.05) is 18.5 Å². The number of anilines is 1. The summed E-state index contributed by atoms with van der Waals surface area (Å²) in [4.78, 5) is 16.3. The lowest BCUT2D eigenvalue weighted by molar-refractivity contribution is -0.116. The number of carbonyl (C=O) groups excluding carboxylic acids is 1. The van der Waals surface area contributed by atoms with E-state index in [1.165, 1.54) is 12.3 Å². The number of nitrogens with zero attached hydrogens (tertiary/aromatic N) is 1. The van der Waals surface area contributed by atoms with Crippen molar-refractivity contribution in [2.45, 2.75) is 33.6 Å². The van der Waals surface area contributed by atoms with Crippen molar-refractivity contribution < 1.29 is 18.0 Å². The van der Waals surface area contributed by atoms with Crippen LogP contribution in [0.15, 0.2) is 40.9 Å². The Kier molecular flexibility index (Phi) is 5.35. The molecule has 3 rings (SSSR count). The molecule has 0 aliphatic heterocycles. The maximum Gasteiger partial charge on any atom is 0.224 e. The summed E-state index contributed by atoms with van der Waals surface area (Å²) in [6, 6.07) is 7.60. The van der Waals surface area contributed by atoms with Gasteiger partial charge >= 0.3 is 0 Å². The molecule has 1 N–H and O–H groups in total. The van der Waals surface area contributed by atoms with E-state index in [0.717, 1.165) is 34.5 Å². The van der Waals surface area contributed by atoms with Crippen molar-refractivity contribution in [3.63, 3.8) is 0 Å². The number of amides is 1. The van der Waals surface area contributed by atoms with Crippen LogP contribution in [-0.4, -0.2) is 10.9 Å². The van der Waals surface area contributed by atoms with Gasteiger partial charge in [-0.2, -0.15) is 0 Å². The number of hydrogen-bond donors (Lipinski definition) is 1. The smallest absolute Gasteiger partial charge is 0.224 e. The topological polar surface area (TPSA) is 55.1 Å². The summed E-state index contributed by atoms with van der Waals surface area (Å²) < 4.78 is 33.1. The third kappa shape index (κ3) is 4.22. The molecule has 0 atom stereocenters. The fourth-order valence-electron chi connectivity index (χ4n) is 3.07. The fourth-order valence-corrected chi connectivity index (χ4v) is 3.07. The minimum atomic E-state index is -0.722. The highest BCUT2D eigenvalue weighted by molar-refractivity contribution is 5.92. The Labute approximate surface area is 156 Å². The molecule has 0 aliphatic rings. The second kappa shape index (κ2) is 7.70. The Morgan fingerprint density at radius 1 is 1.11 bits per heavy atom. The predicted octanol–water partition coefficient (Wildman–Crippen LogP) is 5.12. The molecule has 0 spiro atoms. The summed E-state index contributed by atoms with van der Waals surface area (Å²) in [6.45, 7) is 5.89. The van der Waals surface area contributed by atoms with E-state index >= 15 is 0 Å². The van der Waals surface area contributed by atoms with Crippen LogP contribution < -0.4 is 5.32 Å². The van der Waals surface area contributed by atoms with Crippen LogP contribution in [0.3, 0.4) is 0 Å². The Morgan fingerprint density at radius 3 is 2.37 bits per heavy atom. The number of aryl methyl sites for hydroxylation is 4. The van der Waals surface area contributed by atoms with Crippen LogP contribution in [0.4, 0.5) is 14.5 Å². The van der Waals surface area contributed by atoms with E-state index in [9.17, 15) is 13.6 Å². The van der Waals surface area contributed by atoms with Crippen LogP contribution in [0.2, 0.25) is 0 Å². The SMILES string of the molecule is Cc1cc(C)c(NC(=O)CCc2ncc(-c3c(F)cccc3F)o2)c(C)c1. The molecule has 0 saturated heterocycles. The van der Waals surface area contributed by atoms with Gasteiger partial charge in [-0.15, -0.1) is 0 Å². The van der Waals surface area contributed by atoms with Gasteiger partial charge in [0.15, 0.2) is 11.7 Å². The van der Waals surface area contributed by atoms with E-state index < -0.39 is 11.6 Å². The van der Waals surface area contributed by atoms with E-state index in [-0.39, 0.29) is 36.0 Å². The van der Waals surface area contributed by atoms with E-state index in [2.05, 4.69) is 10.3 Å². The number of halogens is 2. The summed E-state index contributed by atoms with van der Waals surface area (Å²) in [5.74, 6) is -1.37. The minimum absolute atomic E-state index is 0.00577. The van der Waals surface area contributed by atoms with Crippen molar-refractivity contribution >= 4 is 11.6 Å². The van der Waals surface area contributed by atoms with Crippen LogP contribution >= 0.6 is 0 Å². The Morgan fingerprint density at radius 2 is 1.74 bits per heavy atom. The first-order valence-electron chi connectivity index (χ1n) is 8.62. The first-order valence-corrected chi connectivity index (χ1v) is 8.62. The van der Waals surface area contributed by atoms with Crippen molar-refractivity contribution in [2.24, 2.45) is 0 Å². The van der Waals surface area contributed by atoms with E-state index in [4.69, 9.17) is 4.42 Å². The van der Waals surface area contributed by atoms with Crippen LogP contribution in [0.1, 0.15) is 29.0 Å². The van der Waals surface area contributed by atoms with Gasteiger partial charge in [0.1, 0.15) is 11.6 Å². The molecule has 0 radical (unpaired) electrons. The maximum absolute atomic E-state index is 13.8. The molecule has 0 aliphatic carbocycles. The molecule has 27 heavy (non-hydrogen) atoms. The lowest BCUT2D eigenvalue weighted by Gasteiger charge is -2.12. The number of oxazole rings is 1. The summed E-state index contributed by atoms with van der Waals surface area (Å²) in [6.07, 6.45) is 1.64. The van der Waals surface area contributed by atoms with Crippen molar-refractivity contribution in [3.05, 3.63) is 70.7 Å². The molecule has 0 unspecified atom stereocenters. The van der Waals surface area contributed by atoms with Gasteiger partial charge in [-0.25, -0.2) is 13.8 Å². The first kappa shape index (κ1) is 18.8. The largest absolute Gasteiger partial charge is 0.441 e.